The molecule has 1 fully saturated rings. The first kappa shape index (κ1) is 14.1. The molecule has 1 unspecified atom stereocenters. The summed E-state index contributed by atoms with van der Waals surface area (Å²) in [4.78, 5) is 2.85. The minimum absolute atomic E-state index is 0.354. The number of likely N-dealkylation sites (tertiary alicyclic amines) is 1. The molecule has 1 saturated heterocycles. The molecule has 1 aliphatic rings. The molecule has 19 heavy (non-hydrogen) atoms. The van der Waals surface area contributed by atoms with Crippen LogP contribution in [0.3, 0.4) is 0 Å². The van der Waals surface area contributed by atoms with Gasteiger partial charge in [-0.3, -0.25) is 0 Å². The van der Waals surface area contributed by atoms with E-state index >= 15 is 0 Å². The fourth-order valence-corrected chi connectivity index (χ4v) is 2.57. The van der Waals surface area contributed by atoms with E-state index in [2.05, 4.69) is 34.3 Å². The van der Waals surface area contributed by atoms with Gasteiger partial charge in [0.05, 0.1) is 11.8 Å². The number of nitrogens with two attached hydrogens (primary N) is 1. The zero-order valence-electron chi connectivity index (χ0n) is 11.5. The average molecular weight is 279 g/mol. The minimum Gasteiger partial charge on any atom is -0.389 e. The molecule has 6 heteroatoms. The van der Waals surface area contributed by atoms with Crippen LogP contribution >= 0.6 is 12.2 Å². The highest BCUT2D eigenvalue weighted by molar-refractivity contribution is 7.80. The van der Waals surface area contributed by atoms with E-state index in [1.165, 1.54) is 13.0 Å². The summed E-state index contributed by atoms with van der Waals surface area (Å²) in [6, 6.07) is 2.42. The molecular weight excluding hydrogens is 258 g/mol. The van der Waals surface area contributed by atoms with Crippen molar-refractivity contribution < 1.29 is 0 Å². The fourth-order valence-electron chi connectivity index (χ4n) is 2.40. The van der Waals surface area contributed by atoms with Gasteiger partial charge < -0.3 is 16.0 Å². The number of anilines is 1. The van der Waals surface area contributed by atoms with Crippen LogP contribution < -0.4 is 11.1 Å². The molecule has 0 amide bonds. The Morgan fingerprint density at radius 3 is 3.05 bits per heavy atom. The lowest BCUT2D eigenvalue weighted by Crippen LogP contribution is -2.29. The van der Waals surface area contributed by atoms with Crippen LogP contribution in [-0.2, 0) is 0 Å². The van der Waals surface area contributed by atoms with Gasteiger partial charge in [0.1, 0.15) is 4.99 Å². The predicted octanol–water partition coefficient (Wildman–Crippen LogP) is 1.25. The SMILES string of the molecule is CC(C)N1CCC(CNc2nnccc2C(N)=S)C1. The quantitative estimate of drug-likeness (QED) is 0.791. The summed E-state index contributed by atoms with van der Waals surface area (Å²) in [6.07, 6.45) is 2.82. The zero-order valence-corrected chi connectivity index (χ0v) is 12.3. The Morgan fingerprint density at radius 1 is 1.63 bits per heavy atom. The van der Waals surface area contributed by atoms with E-state index in [4.69, 9.17) is 18.0 Å². The second-order valence-electron chi connectivity index (χ2n) is 5.28. The maximum Gasteiger partial charge on any atom is 0.158 e. The third-order valence-corrected chi connectivity index (χ3v) is 3.81. The highest BCUT2D eigenvalue weighted by atomic mass is 32.1. The Labute approximate surface area is 119 Å². The lowest BCUT2D eigenvalue weighted by atomic mass is 10.1. The third kappa shape index (κ3) is 3.61. The average Bonchev–Trinajstić information content (AvgIpc) is 2.85. The van der Waals surface area contributed by atoms with Crippen molar-refractivity contribution in [3.8, 4) is 0 Å². The number of aromatic nitrogens is 2. The maximum absolute atomic E-state index is 5.68. The Morgan fingerprint density at radius 2 is 2.42 bits per heavy atom. The van der Waals surface area contributed by atoms with Crippen LogP contribution in [0.25, 0.3) is 0 Å². The van der Waals surface area contributed by atoms with E-state index in [-0.39, 0.29) is 0 Å². The van der Waals surface area contributed by atoms with Crippen molar-refractivity contribution in [2.75, 3.05) is 25.0 Å². The van der Waals surface area contributed by atoms with E-state index in [0.29, 0.717) is 22.8 Å². The van der Waals surface area contributed by atoms with Crippen LogP contribution in [0.1, 0.15) is 25.8 Å². The third-order valence-electron chi connectivity index (χ3n) is 3.59. The molecule has 2 rings (SSSR count). The van der Waals surface area contributed by atoms with Gasteiger partial charge in [-0.15, -0.1) is 5.10 Å². The molecule has 0 bridgehead atoms. The van der Waals surface area contributed by atoms with E-state index in [0.717, 1.165) is 18.7 Å². The Hall–Kier alpha value is -1.27. The smallest absolute Gasteiger partial charge is 0.158 e. The van der Waals surface area contributed by atoms with Crippen LogP contribution in [0.4, 0.5) is 5.82 Å². The fraction of sp³-hybridized carbons (Fsp3) is 0.615. The molecule has 0 radical (unpaired) electrons. The first-order chi connectivity index (χ1) is 9.08. The van der Waals surface area contributed by atoms with Gasteiger partial charge in [0, 0.05) is 19.1 Å². The largest absolute Gasteiger partial charge is 0.389 e. The number of nitrogens with one attached hydrogen (secondary N) is 1. The van der Waals surface area contributed by atoms with Crippen molar-refractivity contribution >= 4 is 23.0 Å². The molecule has 3 N–H and O–H groups in total. The zero-order chi connectivity index (χ0) is 13.8. The maximum atomic E-state index is 5.68. The second-order valence-corrected chi connectivity index (χ2v) is 5.72. The lowest BCUT2D eigenvalue weighted by molar-refractivity contribution is 0.266. The summed E-state index contributed by atoms with van der Waals surface area (Å²) in [5.74, 6) is 1.33. The minimum atomic E-state index is 0.354. The molecule has 2 heterocycles. The molecule has 0 aromatic carbocycles. The highest BCUT2D eigenvalue weighted by Gasteiger charge is 2.24. The van der Waals surface area contributed by atoms with Gasteiger partial charge in [0.25, 0.3) is 0 Å². The number of hydrogen-bond acceptors (Lipinski definition) is 5. The van der Waals surface area contributed by atoms with Gasteiger partial charge >= 0.3 is 0 Å². The summed E-state index contributed by atoms with van der Waals surface area (Å²) in [5, 5.41) is 11.3. The Kier molecular flexibility index (Phi) is 4.66. The summed E-state index contributed by atoms with van der Waals surface area (Å²) < 4.78 is 0. The van der Waals surface area contributed by atoms with Crippen LogP contribution in [0.5, 0.6) is 0 Å². The standard InChI is InChI=1S/C13H21N5S/c1-9(2)18-6-4-10(8-18)7-15-13-11(12(14)19)3-5-16-17-13/h3,5,9-10H,4,6-8H2,1-2H3,(H2,14,19)(H,15,17). The van der Waals surface area contributed by atoms with Crippen molar-refractivity contribution in [1.29, 1.82) is 0 Å². The summed E-state index contributed by atoms with van der Waals surface area (Å²) in [6.45, 7) is 7.67. The molecule has 1 aliphatic heterocycles. The van der Waals surface area contributed by atoms with Gasteiger partial charge in [0.2, 0.25) is 0 Å². The number of thiocarbonyl (C=S) groups is 1. The second kappa shape index (κ2) is 6.25. The number of nitrogens with zero attached hydrogens (tertiary/aromatic N) is 3. The molecule has 1 aromatic heterocycles. The van der Waals surface area contributed by atoms with Crippen LogP contribution in [0, 0.1) is 5.92 Å². The summed E-state index contributed by atoms with van der Waals surface area (Å²) in [7, 11) is 0. The van der Waals surface area contributed by atoms with E-state index in [1.54, 1.807) is 12.3 Å². The van der Waals surface area contributed by atoms with E-state index in [1.807, 2.05) is 0 Å². The summed E-state index contributed by atoms with van der Waals surface area (Å²) >= 11 is 5.01. The predicted molar refractivity (Wildman–Crippen MR) is 81.2 cm³/mol. The number of rotatable bonds is 5. The molecule has 1 atom stereocenters. The molecule has 0 aliphatic carbocycles. The molecular formula is C13H21N5S. The van der Waals surface area contributed by atoms with Gasteiger partial charge in [-0.1, -0.05) is 12.2 Å². The topological polar surface area (TPSA) is 67.1 Å². The van der Waals surface area contributed by atoms with E-state index < -0.39 is 0 Å². The van der Waals surface area contributed by atoms with Crippen molar-refractivity contribution in [2.45, 2.75) is 26.3 Å². The molecule has 0 spiro atoms. The van der Waals surface area contributed by atoms with Crippen LogP contribution in [-0.4, -0.2) is 45.8 Å². The molecule has 1 aromatic rings. The summed E-state index contributed by atoms with van der Waals surface area (Å²) in [5.41, 5.74) is 6.44. The highest BCUT2D eigenvalue weighted by Crippen LogP contribution is 2.19. The Bertz CT molecular complexity index is 448. The van der Waals surface area contributed by atoms with Gasteiger partial charge in [-0.25, -0.2) is 0 Å². The molecule has 104 valence electrons. The van der Waals surface area contributed by atoms with Crippen LogP contribution in [0.2, 0.25) is 0 Å². The van der Waals surface area contributed by atoms with E-state index in [9.17, 15) is 0 Å². The first-order valence-electron chi connectivity index (χ1n) is 6.67. The lowest BCUT2D eigenvalue weighted by Gasteiger charge is -2.20. The van der Waals surface area contributed by atoms with Crippen molar-refractivity contribution in [2.24, 2.45) is 11.7 Å². The van der Waals surface area contributed by atoms with Crippen molar-refractivity contribution in [3.63, 3.8) is 0 Å². The van der Waals surface area contributed by atoms with Crippen molar-refractivity contribution in [3.05, 3.63) is 17.8 Å². The first-order valence-corrected chi connectivity index (χ1v) is 7.08. The van der Waals surface area contributed by atoms with Gasteiger partial charge in [-0.05, 0) is 38.8 Å². The normalized spacial score (nSPS) is 19.8. The molecule has 5 nitrogen and oxygen atoms in total. The van der Waals surface area contributed by atoms with Gasteiger partial charge in [-0.2, -0.15) is 5.10 Å². The number of hydrogen-bond donors (Lipinski definition) is 2. The van der Waals surface area contributed by atoms with Gasteiger partial charge in [0.15, 0.2) is 5.82 Å². The van der Waals surface area contributed by atoms with Crippen molar-refractivity contribution in [1.82, 2.24) is 15.1 Å². The molecule has 0 saturated carbocycles. The monoisotopic (exact) mass is 279 g/mol. The Balaban J connectivity index is 1.91. The van der Waals surface area contributed by atoms with Crippen LogP contribution in [0.15, 0.2) is 12.3 Å².